The van der Waals surface area contributed by atoms with Gasteiger partial charge >= 0.3 is 0 Å². The number of hydrogen-bond acceptors (Lipinski definition) is 4. The Hall–Kier alpha value is -3.58. The molecule has 0 atom stereocenters. The highest BCUT2D eigenvalue weighted by Gasteiger charge is 2.22. The average Bonchev–Trinajstić information content (AvgIpc) is 3.22. The van der Waals surface area contributed by atoms with Crippen LogP contribution in [0.5, 0.6) is 0 Å². The van der Waals surface area contributed by atoms with Gasteiger partial charge in [-0.15, -0.1) is 0 Å². The molecule has 5 rings (SSSR count). The zero-order valence-electron chi connectivity index (χ0n) is 17.0. The Morgan fingerprint density at radius 2 is 1.94 bits per heavy atom. The maximum atomic E-state index is 13.2. The second kappa shape index (κ2) is 8.28. The lowest BCUT2D eigenvalue weighted by molar-refractivity contribution is 0.236. The van der Waals surface area contributed by atoms with E-state index in [0.29, 0.717) is 18.9 Å². The predicted octanol–water partition coefficient (Wildman–Crippen LogP) is 3.38. The summed E-state index contributed by atoms with van der Waals surface area (Å²) in [5.41, 5.74) is 4.52. The van der Waals surface area contributed by atoms with Crippen molar-refractivity contribution in [2.24, 2.45) is 0 Å². The molecule has 0 aliphatic carbocycles. The molecule has 0 unspecified atom stereocenters. The Labute approximate surface area is 179 Å². The maximum absolute atomic E-state index is 13.2. The van der Waals surface area contributed by atoms with Crippen LogP contribution in [0, 0.1) is 5.82 Å². The van der Waals surface area contributed by atoms with E-state index in [-0.39, 0.29) is 11.4 Å². The number of aromatic nitrogens is 4. The summed E-state index contributed by atoms with van der Waals surface area (Å²) < 4.78 is 15.3. The Kier molecular flexibility index (Phi) is 5.18. The Bertz CT molecular complexity index is 1250. The third-order valence-corrected chi connectivity index (χ3v) is 5.66. The van der Waals surface area contributed by atoms with Gasteiger partial charge in [0.2, 0.25) is 0 Å². The number of H-pyrrole nitrogens is 1. The lowest BCUT2D eigenvalue weighted by atomic mass is 10.1. The SMILES string of the molecule is O=c1[nH]c(-c2cccnc2)nc2c1CN(Cc1cccn1Cc1ccc(F)cc1)CC2. The Morgan fingerprint density at radius 3 is 2.74 bits per heavy atom. The van der Waals surface area contributed by atoms with E-state index >= 15 is 0 Å². The number of nitrogens with zero attached hydrogens (tertiary/aromatic N) is 4. The number of fused-ring (bicyclic) bond motifs is 1. The number of benzene rings is 1. The Balaban J connectivity index is 1.32. The molecule has 1 N–H and O–H groups in total. The number of hydrogen-bond donors (Lipinski definition) is 1. The van der Waals surface area contributed by atoms with Gasteiger partial charge in [0.25, 0.3) is 5.56 Å². The molecule has 0 bridgehead atoms. The molecule has 4 heterocycles. The second-order valence-corrected chi connectivity index (χ2v) is 7.80. The standard InChI is InChI=1S/C24H22FN5O/c25-19-7-5-17(6-8-19)14-30-11-2-4-20(30)15-29-12-9-22-21(16-29)24(31)28-23(27-22)18-3-1-10-26-13-18/h1-8,10-11,13H,9,12,14-16H2,(H,27,28,31). The molecule has 0 radical (unpaired) electrons. The average molecular weight is 415 g/mol. The number of pyridine rings is 1. The van der Waals surface area contributed by atoms with Gasteiger partial charge in [-0.2, -0.15) is 0 Å². The molecule has 0 saturated carbocycles. The van der Waals surface area contributed by atoms with E-state index in [9.17, 15) is 9.18 Å². The molecule has 0 amide bonds. The summed E-state index contributed by atoms with van der Waals surface area (Å²) >= 11 is 0. The third-order valence-electron chi connectivity index (χ3n) is 5.66. The van der Waals surface area contributed by atoms with Crippen LogP contribution in [-0.4, -0.2) is 31.0 Å². The summed E-state index contributed by atoms with van der Waals surface area (Å²) in [4.78, 5) is 26.7. The molecule has 1 aliphatic heterocycles. The third kappa shape index (κ3) is 4.18. The molecule has 7 heteroatoms. The van der Waals surface area contributed by atoms with Crippen LogP contribution in [0.15, 0.2) is 71.9 Å². The van der Waals surface area contributed by atoms with Crippen LogP contribution in [0.1, 0.15) is 22.5 Å². The zero-order valence-corrected chi connectivity index (χ0v) is 17.0. The minimum atomic E-state index is -0.228. The molecule has 31 heavy (non-hydrogen) atoms. The van der Waals surface area contributed by atoms with Crippen LogP contribution in [0.25, 0.3) is 11.4 Å². The van der Waals surface area contributed by atoms with Crippen molar-refractivity contribution in [1.82, 2.24) is 24.4 Å². The van der Waals surface area contributed by atoms with Gasteiger partial charge in [-0.05, 0) is 42.0 Å². The number of nitrogens with one attached hydrogen (secondary N) is 1. The fourth-order valence-electron chi connectivity index (χ4n) is 4.02. The van der Waals surface area contributed by atoms with Crippen LogP contribution in [-0.2, 0) is 26.1 Å². The largest absolute Gasteiger partial charge is 0.346 e. The van der Waals surface area contributed by atoms with Crippen molar-refractivity contribution in [2.75, 3.05) is 6.54 Å². The van der Waals surface area contributed by atoms with Gasteiger partial charge < -0.3 is 9.55 Å². The first-order valence-corrected chi connectivity index (χ1v) is 10.3. The maximum Gasteiger partial charge on any atom is 0.255 e. The first kappa shape index (κ1) is 19.4. The first-order chi connectivity index (χ1) is 15.2. The molecular weight excluding hydrogens is 393 g/mol. The van der Waals surface area contributed by atoms with Crippen LogP contribution in [0.3, 0.4) is 0 Å². The highest BCUT2D eigenvalue weighted by Crippen LogP contribution is 2.20. The van der Waals surface area contributed by atoms with E-state index in [1.54, 1.807) is 24.5 Å². The molecule has 0 saturated heterocycles. The van der Waals surface area contributed by atoms with Gasteiger partial charge in [-0.3, -0.25) is 14.7 Å². The van der Waals surface area contributed by atoms with Crippen LogP contribution in [0.4, 0.5) is 4.39 Å². The van der Waals surface area contributed by atoms with Gasteiger partial charge in [0, 0.05) is 62.4 Å². The van der Waals surface area contributed by atoms with Crippen molar-refractivity contribution in [2.45, 2.75) is 26.1 Å². The molecule has 0 spiro atoms. The van der Waals surface area contributed by atoms with Gasteiger partial charge in [-0.1, -0.05) is 12.1 Å². The highest BCUT2D eigenvalue weighted by molar-refractivity contribution is 5.53. The van der Waals surface area contributed by atoms with E-state index in [1.165, 1.54) is 12.1 Å². The summed E-state index contributed by atoms with van der Waals surface area (Å²) in [6.07, 6.45) is 6.16. The van der Waals surface area contributed by atoms with Crippen molar-refractivity contribution in [3.63, 3.8) is 0 Å². The van der Waals surface area contributed by atoms with Crippen molar-refractivity contribution in [3.05, 3.63) is 106 Å². The van der Waals surface area contributed by atoms with E-state index < -0.39 is 0 Å². The molecule has 3 aromatic heterocycles. The molecule has 0 fully saturated rings. The van der Waals surface area contributed by atoms with Crippen molar-refractivity contribution in [1.29, 1.82) is 0 Å². The van der Waals surface area contributed by atoms with E-state index in [0.717, 1.165) is 47.6 Å². The van der Waals surface area contributed by atoms with Crippen molar-refractivity contribution >= 4 is 0 Å². The molecule has 1 aromatic carbocycles. The van der Waals surface area contributed by atoms with Crippen molar-refractivity contribution in [3.8, 4) is 11.4 Å². The van der Waals surface area contributed by atoms with Gasteiger partial charge in [0.1, 0.15) is 11.6 Å². The van der Waals surface area contributed by atoms with E-state index in [4.69, 9.17) is 4.98 Å². The molecule has 156 valence electrons. The van der Waals surface area contributed by atoms with Gasteiger partial charge in [0.15, 0.2) is 0 Å². The van der Waals surface area contributed by atoms with Crippen molar-refractivity contribution < 1.29 is 4.39 Å². The quantitative estimate of drug-likeness (QED) is 0.543. The van der Waals surface area contributed by atoms with Gasteiger partial charge in [0.05, 0.1) is 11.3 Å². The molecule has 4 aromatic rings. The highest BCUT2D eigenvalue weighted by atomic mass is 19.1. The smallest absolute Gasteiger partial charge is 0.255 e. The fourth-order valence-corrected chi connectivity index (χ4v) is 4.02. The monoisotopic (exact) mass is 415 g/mol. The van der Waals surface area contributed by atoms with E-state index in [1.807, 2.05) is 24.4 Å². The lowest BCUT2D eigenvalue weighted by Crippen LogP contribution is -2.36. The fraction of sp³-hybridized carbons (Fsp3) is 0.208. The van der Waals surface area contributed by atoms with Crippen LogP contribution < -0.4 is 5.56 Å². The molecular formula is C24H22FN5O. The predicted molar refractivity (Wildman–Crippen MR) is 116 cm³/mol. The summed E-state index contributed by atoms with van der Waals surface area (Å²) in [5, 5.41) is 0. The van der Waals surface area contributed by atoms with Crippen LogP contribution in [0.2, 0.25) is 0 Å². The second-order valence-electron chi connectivity index (χ2n) is 7.80. The summed E-state index contributed by atoms with van der Waals surface area (Å²) in [6, 6.07) is 14.4. The minimum absolute atomic E-state index is 0.0877. The summed E-state index contributed by atoms with van der Waals surface area (Å²) in [7, 11) is 0. The topological polar surface area (TPSA) is 66.8 Å². The number of aromatic amines is 1. The minimum Gasteiger partial charge on any atom is -0.346 e. The van der Waals surface area contributed by atoms with Crippen LogP contribution >= 0.6 is 0 Å². The number of rotatable bonds is 5. The summed E-state index contributed by atoms with van der Waals surface area (Å²) in [6.45, 7) is 2.81. The first-order valence-electron chi connectivity index (χ1n) is 10.3. The lowest BCUT2D eigenvalue weighted by Gasteiger charge is -2.28. The Morgan fingerprint density at radius 1 is 1.06 bits per heavy atom. The van der Waals surface area contributed by atoms with Gasteiger partial charge in [-0.25, -0.2) is 9.37 Å². The summed E-state index contributed by atoms with van der Waals surface area (Å²) in [5.74, 6) is 0.340. The molecule has 6 nitrogen and oxygen atoms in total. The normalized spacial score (nSPS) is 13.8. The van der Waals surface area contributed by atoms with E-state index in [2.05, 4.69) is 25.5 Å². The number of halogens is 1. The molecule has 1 aliphatic rings. The zero-order chi connectivity index (χ0) is 21.2.